The molecular weight excluding hydrogens is 104 g/mol. The van der Waals surface area contributed by atoms with Crippen molar-refractivity contribution in [2.24, 2.45) is 0 Å². The van der Waals surface area contributed by atoms with Crippen molar-refractivity contribution in [3.05, 3.63) is 0 Å². The monoisotopic (exact) mass is 114 g/mol. The molecule has 0 aliphatic carbocycles. The van der Waals surface area contributed by atoms with Crippen molar-refractivity contribution in [1.29, 1.82) is 0 Å². The molecule has 0 aromatic rings. The summed E-state index contributed by atoms with van der Waals surface area (Å²) in [4.78, 5) is 12.5. The van der Waals surface area contributed by atoms with E-state index in [0.717, 1.165) is 13.3 Å². The highest BCUT2D eigenvalue weighted by molar-refractivity contribution is 5.76. The van der Waals surface area contributed by atoms with E-state index in [0.29, 0.717) is 6.42 Å². The van der Waals surface area contributed by atoms with Crippen LogP contribution >= 0.6 is 0 Å². The summed E-state index contributed by atoms with van der Waals surface area (Å²) in [5, 5.41) is 2.98. The molecule has 1 aliphatic heterocycles. The molecule has 1 saturated heterocycles. The molecule has 0 bridgehead atoms. The van der Waals surface area contributed by atoms with Crippen molar-refractivity contribution in [2.45, 2.75) is 13.3 Å². The average molecular weight is 114 g/mol. The fraction of sp³-hybridized carbons (Fsp3) is 0.800. The van der Waals surface area contributed by atoms with Gasteiger partial charge in [0.15, 0.2) is 0 Å². The Balaban J connectivity index is 2.24. The van der Waals surface area contributed by atoms with Gasteiger partial charge in [-0.3, -0.25) is 10.1 Å². The highest BCUT2D eigenvalue weighted by Crippen LogP contribution is 1.95. The van der Waals surface area contributed by atoms with Gasteiger partial charge in [-0.05, 0) is 0 Å². The smallest absolute Gasteiger partial charge is 0.224 e. The number of rotatable bonds is 1. The number of amides is 1. The predicted molar refractivity (Wildman–Crippen MR) is 30.0 cm³/mol. The largest absolute Gasteiger partial charge is 0.317 e. The minimum atomic E-state index is 0.240. The first-order valence-electron chi connectivity index (χ1n) is 2.83. The lowest BCUT2D eigenvalue weighted by Crippen LogP contribution is -2.54. The van der Waals surface area contributed by atoms with Gasteiger partial charge in [-0.1, -0.05) is 6.92 Å². The van der Waals surface area contributed by atoms with E-state index in [1.165, 1.54) is 0 Å². The Kier molecular flexibility index (Phi) is 1.48. The molecule has 1 N–H and O–H groups in total. The Hall–Kier alpha value is -0.570. The Morgan fingerprint density at radius 3 is 2.50 bits per heavy atom. The highest BCUT2D eigenvalue weighted by Gasteiger charge is 2.16. The number of carbonyl (C=O) groups is 1. The molecule has 3 heteroatoms. The molecule has 3 nitrogen and oxygen atoms in total. The summed E-state index contributed by atoms with van der Waals surface area (Å²) in [5.41, 5.74) is 0. The second kappa shape index (κ2) is 2.13. The van der Waals surface area contributed by atoms with E-state index in [2.05, 4.69) is 5.32 Å². The molecule has 1 fully saturated rings. The molecule has 0 spiro atoms. The predicted octanol–water partition coefficient (Wildman–Crippen LogP) is -0.257. The maximum Gasteiger partial charge on any atom is 0.224 e. The lowest BCUT2D eigenvalue weighted by molar-refractivity contribution is -0.135. The minimum Gasteiger partial charge on any atom is -0.317 e. The maximum atomic E-state index is 10.7. The number of hydrogen-bond donors (Lipinski definition) is 1. The van der Waals surface area contributed by atoms with Crippen molar-refractivity contribution in [3.8, 4) is 0 Å². The molecule has 0 atom stereocenters. The Labute approximate surface area is 48.7 Å². The van der Waals surface area contributed by atoms with Gasteiger partial charge in [0.05, 0.1) is 13.3 Å². The van der Waals surface area contributed by atoms with Gasteiger partial charge in [-0.15, -0.1) is 0 Å². The fourth-order valence-electron chi connectivity index (χ4n) is 0.624. The Bertz CT molecular complexity index is 98.6. The summed E-state index contributed by atoms with van der Waals surface area (Å²) in [6.07, 6.45) is 0.627. The van der Waals surface area contributed by atoms with Crippen LogP contribution in [0.25, 0.3) is 0 Å². The molecule has 8 heavy (non-hydrogen) atoms. The molecule has 0 unspecified atom stereocenters. The lowest BCUT2D eigenvalue weighted by atomic mass is 10.4. The van der Waals surface area contributed by atoms with E-state index in [9.17, 15) is 4.79 Å². The zero-order valence-corrected chi connectivity index (χ0v) is 4.98. The molecule has 1 heterocycles. The van der Waals surface area contributed by atoms with E-state index < -0.39 is 0 Å². The minimum absolute atomic E-state index is 0.240. The van der Waals surface area contributed by atoms with Crippen LogP contribution in [-0.2, 0) is 4.79 Å². The Morgan fingerprint density at radius 2 is 2.38 bits per heavy atom. The van der Waals surface area contributed by atoms with Gasteiger partial charge in [-0.25, -0.2) is 0 Å². The van der Waals surface area contributed by atoms with Crippen LogP contribution < -0.4 is 5.32 Å². The third-order valence-electron chi connectivity index (χ3n) is 1.26. The fourth-order valence-corrected chi connectivity index (χ4v) is 0.624. The average Bonchev–Trinajstić information content (AvgIpc) is 1.62. The molecule has 0 saturated carbocycles. The van der Waals surface area contributed by atoms with E-state index >= 15 is 0 Å². The number of carbonyl (C=O) groups excluding carboxylic acids is 1. The molecule has 1 amide bonds. The molecule has 0 aromatic heterocycles. The van der Waals surface area contributed by atoms with Crippen LogP contribution in [0.15, 0.2) is 0 Å². The lowest BCUT2D eigenvalue weighted by Gasteiger charge is -2.31. The van der Waals surface area contributed by atoms with E-state index in [-0.39, 0.29) is 5.91 Å². The van der Waals surface area contributed by atoms with Crippen molar-refractivity contribution in [1.82, 2.24) is 10.2 Å². The van der Waals surface area contributed by atoms with Crippen LogP contribution in [0.1, 0.15) is 13.3 Å². The van der Waals surface area contributed by atoms with E-state index in [1.807, 2.05) is 6.92 Å². The number of nitrogens with zero attached hydrogens (tertiary/aromatic N) is 1. The van der Waals surface area contributed by atoms with Crippen molar-refractivity contribution < 1.29 is 4.79 Å². The van der Waals surface area contributed by atoms with Gasteiger partial charge in [0.1, 0.15) is 0 Å². The second-order valence-corrected chi connectivity index (χ2v) is 1.85. The zero-order valence-electron chi connectivity index (χ0n) is 4.98. The van der Waals surface area contributed by atoms with Crippen LogP contribution in [0.2, 0.25) is 0 Å². The van der Waals surface area contributed by atoms with Crippen LogP contribution in [0.4, 0.5) is 0 Å². The van der Waals surface area contributed by atoms with Crippen molar-refractivity contribution in [2.75, 3.05) is 13.3 Å². The van der Waals surface area contributed by atoms with Crippen LogP contribution in [-0.4, -0.2) is 24.1 Å². The SMILES string of the molecule is CCC(=O)N1CNC1. The molecule has 46 valence electrons. The third kappa shape index (κ3) is 0.816. The summed E-state index contributed by atoms with van der Waals surface area (Å²) in [5.74, 6) is 0.240. The first-order valence-corrected chi connectivity index (χ1v) is 2.83. The molecular formula is C5H10N2O. The first kappa shape index (κ1) is 5.56. The van der Waals surface area contributed by atoms with Gasteiger partial charge in [0, 0.05) is 6.42 Å². The van der Waals surface area contributed by atoms with Gasteiger partial charge >= 0.3 is 0 Å². The van der Waals surface area contributed by atoms with Crippen molar-refractivity contribution in [3.63, 3.8) is 0 Å². The molecule has 1 aliphatic rings. The summed E-state index contributed by atoms with van der Waals surface area (Å²) in [6, 6.07) is 0. The molecule has 0 aromatic carbocycles. The van der Waals surface area contributed by atoms with Crippen LogP contribution in [0.3, 0.4) is 0 Å². The number of nitrogens with one attached hydrogen (secondary N) is 1. The van der Waals surface area contributed by atoms with Gasteiger partial charge in [0.25, 0.3) is 0 Å². The van der Waals surface area contributed by atoms with Gasteiger partial charge in [0.2, 0.25) is 5.91 Å². The van der Waals surface area contributed by atoms with Crippen molar-refractivity contribution >= 4 is 5.91 Å². The normalized spacial score (nSPS) is 17.9. The summed E-state index contributed by atoms with van der Waals surface area (Å²) < 4.78 is 0. The third-order valence-corrected chi connectivity index (χ3v) is 1.26. The summed E-state index contributed by atoms with van der Waals surface area (Å²) in [6.45, 7) is 3.36. The topological polar surface area (TPSA) is 32.3 Å². The molecule has 1 rings (SSSR count). The van der Waals surface area contributed by atoms with Crippen LogP contribution in [0, 0.1) is 0 Å². The Morgan fingerprint density at radius 1 is 1.75 bits per heavy atom. The van der Waals surface area contributed by atoms with Gasteiger partial charge in [-0.2, -0.15) is 0 Å². The number of hydrogen-bond acceptors (Lipinski definition) is 2. The maximum absolute atomic E-state index is 10.7. The first-order chi connectivity index (χ1) is 3.84. The summed E-state index contributed by atoms with van der Waals surface area (Å²) in [7, 11) is 0. The van der Waals surface area contributed by atoms with Crippen LogP contribution in [0.5, 0.6) is 0 Å². The summed E-state index contributed by atoms with van der Waals surface area (Å²) >= 11 is 0. The quantitative estimate of drug-likeness (QED) is 0.509. The molecule has 0 radical (unpaired) electrons. The highest BCUT2D eigenvalue weighted by atomic mass is 16.2. The van der Waals surface area contributed by atoms with E-state index in [4.69, 9.17) is 0 Å². The second-order valence-electron chi connectivity index (χ2n) is 1.85. The van der Waals surface area contributed by atoms with E-state index in [1.54, 1.807) is 4.90 Å². The zero-order chi connectivity index (χ0) is 5.98. The van der Waals surface area contributed by atoms with Gasteiger partial charge < -0.3 is 4.90 Å². The standard InChI is InChI=1S/C5H10N2O/c1-2-5(8)7-3-6-4-7/h6H,2-4H2,1H3.